The Kier molecular flexibility index (Phi) is 4.45. The molecular weight excluding hydrogens is 344 g/mol. The molecule has 0 saturated carbocycles. The Hall–Kier alpha value is -2.14. The van der Waals surface area contributed by atoms with Crippen molar-refractivity contribution in [3.05, 3.63) is 71.3 Å². The van der Waals surface area contributed by atoms with Gasteiger partial charge < -0.3 is 0 Å². The van der Waals surface area contributed by atoms with E-state index in [0.29, 0.717) is 6.04 Å². The number of benzene rings is 3. The smallest absolute Gasteiger partial charge is 0.198 e. The van der Waals surface area contributed by atoms with Crippen LogP contribution >= 0.6 is 0 Å². The predicted octanol–water partition coefficient (Wildman–Crippen LogP) is 6.48. The van der Waals surface area contributed by atoms with E-state index in [9.17, 15) is 17.6 Å². The van der Waals surface area contributed by atoms with Gasteiger partial charge in [0.05, 0.1) is 0 Å². The molecule has 0 heterocycles. The zero-order chi connectivity index (χ0) is 18.4. The number of rotatable bonds is 3. The molecule has 0 spiro atoms. The zero-order valence-corrected chi connectivity index (χ0v) is 15.3. The first kappa shape index (κ1) is 17.7. The summed E-state index contributed by atoms with van der Waals surface area (Å²) in [4.78, 5) is 0. The van der Waals surface area contributed by atoms with Crippen LogP contribution < -0.4 is 0 Å². The number of hydrogen-bond donors (Lipinski definition) is 0. The summed E-state index contributed by atoms with van der Waals surface area (Å²) in [6.07, 6.45) is 0. The van der Waals surface area contributed by atoms with Crippen molar-refractivity contribution in [2.24, 2.45) is 0 Å². The summed E-state index contributed by atoms with van der Waals surface area (Å²) < 4.78 is 55.7. The molecule has 0 aliphatic carbocycles. The van der Waals surface area contributed by atoms with Crippen molar-refractivity contribution in [3.63, 3.8) is 0 Å². The Morgan fingerprint density at radius 1 is 0.720 bits per heavy atom. The van der Waals surface area contributed by atoms with Crippen molar-refractivity contribution in [1.82, 2.24) is 0 Å². The van der Waals surface area contributed by atoms with Gasteiger partial charge in [0.15, 0.2) is 23.3 Å². The van der Waals surface area contributed by atoms with Gasteiger partial charge in [-0.15, -0.1) is 0 Å². The maximum Gasteiger partial charge on any atom is 0.198 e. The SMILES string of the molecule is C[Si](C)(C)Cc1cc2c(F)c(F)c(F)c(F)c2cc1-c1ccccc1. The molecule has 3 rings (SSSR count). The zero-order valence-electron chi connectivity index (χ0n) is 14.3. The average molecular weight is 362 g/mol. The van der Waals surface area contributed by atoms with Crippen molar-refractivity contribution in [3.8, 4) is 11.1 Å². The van der Waals surface area contributed by atoms with Crippen LogP contribution in [0, 0.1) is 23.3 Å². The molecule has 3 aromatic rings. The van der Waals surface area contributed by atoms with Crippen molar-refractivity contribution < 1.29 is 17.6 Å². The standard InChI is InChI=1S/C20H18F4Si/c1-25(2,3)11-13-9-15-16(18(22)20(24)19(23)17(15)21)10-14(13)12-7-5-4-6-8-12/h4-10H,11H2,1-3H3. The summed E-state index contributed by atoms with van der Waals surface area (Å²) >= 11 is 0. The molecule has 3 aromatic carbocycles. The first-order valence-electron chi connectivity index (χ1n) is 8.03. The van der Waals surface area contributed by atoms with E-state index in [1.807, 2.05) is 30.3 Å². The lowest BCUT2D eigenvalue weighted by molar-refractivity contribution is 0.418. The first-order chi connectivity index (χ1) is 11.7. The van der Waals surface area contributed by atoms with Crippen LogP contribution in [0.25, 0.3) is 21.9 Å². The quantitative estimate of drug-likeness (QED) is 0.216. The molecule has 0 aliphatic rings. The van der Waals surface area contributed by atoms with Gasteiger partial charge in [0.25, 0.3) is 0 Å². The molecule has 0 fully saturated rings. The van der Waals surface area contributed by atoms with E-state index in [4.69, 9.17) is 0 Å². The van der Waals surface area contributed by atoms with E-state index in [2.05, 4.69) is 19.6 Å². The second kappa shape index (κ2) is 6.30. The minimum atomic E-state index is -1.78. The van der Waals surface area contributed by atoms with E-state index in [-0.39, 0.29) is 10.8 Å². The lowest BCUT2D eigenvalue weighted by atomic mass is 9.95. The fourth-order valence-electron chi connectivity index (χ4n) is 3.04. The molecule has 5 heteroatoms. The van der Waals surface area contributed by atoms with E-state index < -0.39 is 31.3 Å². The Bertz CT molecular complexity index is 944. The molecule has 0 N–H and O–H groups in total. The van der Waals surface area contributed by atoms with Crippen molar-refractivity contribution in [1.29, 1.82) is 0 Å². The van der Waals surface area contributed by atoms with Crippen LogP contribution in [0.3, 0.4) is 0 Å². The van der Waals surface area contributed by atoms with Crippen molar-refractivity contribution in [2.75, 3.05) is 0 Å². The predicted molar refractivity (Wildman–Crippen MR) is 96.3 cm³/mol. The number of fused-ring (bicyclic) bond motifs is 1. The van der Waals surface area contributed by atoms with Crippen LogP contribution in [0.5, 0.6) is 0 Å². The maximum atomic E-state index is 14.2. The van der Waals surface area contributed by atoms with Gasteiger partial charge in [-0.2, -0.15) is 0 Å². The number of halogens is 4. The highest BCUT2D eigenvalue weighted by molar-refractivity contribution is 6.75. The van der Waals surface area contributed by atoms with E-state index in [1.54, 1.807) is 0 Å². The van der Waals surface area contributed by atoms with Gasteiger partial charge in [-0.3, -0.25) is 0 Å². The largest absolute Gasteiger partial charge is 0.203 e. The lowest BCUT2D eigenvalue weighted by Crippen LogP contribution is -2.24. The molecule has 0 saturated heterocycles. The molecule has 0 bridgehead atoms. The third-order valence-corrected chi connectivity index (χ3v) is 5.54. The van der Waals surface area contributed by atoms with E-state index >= 15 is 0 Å². The first-order valence-corrected chi connectivity index (χ1v) is 11.7. The molecule has 0 aromatic heterocycles. The summed E-state index contributed by atoms with van der Waals surface area (Å²) in [6.45, 7) is 6.48. The van der Waals surface area contributed by atoms with E-state index in [1.165, 1.54) is 12.1 Å². The summed E-state index contributed by atoms with van der Waals surface area (Å²) in [7, 11) is -1.59. The van der Waals surface area contributed by atoms with Gasteiger partial charge >= 0.3 is 0 Å². The molecule has 0 atom stereocenters. The average Bonchev–Trinajstić information content (AvgIpc) is 2.57. The Morgan fingerprint density at radius 3 is 1.76 bits per heavy atom. The number of hydrogen-bond acceptors (Lipinski definition) is 0. The van der Waals surface area contributed by atoms with Crippen LogP contribution in [0.4, 0.5) is 17.6 Å². The van der Waals surface area contributed by atoms with Crippen LogP contribution in [-0.4, -0.2) is 8.07 Å². The molecule has 0 aliphatic heterocycles. The summed E-state index contributed by atoms with van der Waals surface area (Å²) in [5.74, 6) is -6.24. The van der Waals surface area contributed by atoms with Gasteiger partial charge in [0, 0.05) is 18.8 Å². The highest BCUT2D eigenvalue weighted by atomic mass is 28.3. The van der Waals surface area contributed by atoms with Gasteiger partial charge in [-0.1, -0.05) is 50.0 Å². The topological polar surface area (TPSA) is 0 Å². The maximum absolute atomic E-state index is 14.2. The molecule has 0 unspecified atom stereocenters. The van der Waals surface area contributed by atoms with Crippen LogP contribution in [-0.2, 0) is 6.04 Å². The monoisotopic (exact) mass is 362 g/mol. The molecule has 0 nitrogen and oxygen atoms in total. The fourth-order valence-corrected chi connectivity index (χ4v) is 4.48. The van der Waals surface area contributed by atoms with Gasteiger partial charge in [0.2, 0.25) is 0 Å². The van der Waals surface area contributed by atoms with Gasteiger partial charge in [-0.25, -0.2) is 17.6 Å². The summed E-state index contributed by atoms with van der Waals surface area (Å²) in [5, 5.41) is -0.459. The molecule has 130 valence electrons. The van der Waals surface area contributed by atoms with Crippen LogP contribution in [0.1, 0.15) is 5.56 Å². The molecule has 0 radical (unpaired) electrons. The molecule has 25 heavy (non-hydrogen) atoms. The third-order valence-electron chi connectivity index (χ3n) is 4.10. The Labute approximate surface area is 145 Å². The van der Waals surface area contributed by atoms with Crippen LogP contribution in [0.2, 0.25) is 19.6 Å². The third kappa shape index (κ3) is 3.33. The van der Waals surface area contributed by atoms with E-state index in [0.717, 1.165) is 16.7 Å². The van der Waals surface area contributed by atoms with Crippen molar-refractivity contribution in [2.45, 2.75) is 25.7 Å². The van der Waals surface area contributed by atoms with Gasteiger partial charge in [-0.05, 0) is 34.9 Å². The minimum absolute atomic E-state index is 0.218. The highest BCUT2D eigenvalue weighted by Gasteiger charge is 2.24. The fraction of sp³-hybridized carbons (Fsp3) is 0.200. The Balaban J connectivity index is 2.38. The minimum Gasteiger partial charge on any atom is -0.203 e. The molecular formula is C20H18F4Si. The second-order valence-electron chi connectivity index (χ2n) is 7.41. The summed E-state index contributed by atoms with van der Waals surface area (Å²) in [5.41, 5.74) is 2.38. The van der Waals surface area contributed by atoms with Gasteiger partial charge in [0.1, 0.15) is 0 Å². The Morgan fingerprint density at radius 2 is 1.24 bits per heavy atom. The summed E-state index contributed by atoms with van der Waals surface area (Å²) in [6, 6.07) is 12.9. The van der Waals surface area contributed by atoms with Crippen molar-refractivity contribution >= 4 is 18.8 Å². The highest BCUT2D eigenvalue weighted by Crippen LogP contribution is 2.35. The van der Waals surface area contributed by atoms with Crippen LogP contribution in [0.15, 0.2) is 42.5 Å². The lowest BCUT2D eigenvalue weighted by Gasteiger charge is -2.20. The second-order valence-corrected chi connectivity index (χ2v) is 12.9. The molecule has 0 amide bonds. The normalized spacial score (nSPS) is 12.0.